The molecule has 98 valence electrons. The molecule has 0 bridgehead atoms. The van der Waals surface area contributed by atoms with Gasteiger partial charge in [0.05, 0.1) is 23.7 Å². The summed E-state index contributed by atoms with van der Waals surface area (Å²) < 4.78 is 5.71. The van der Waals surface area contributed by atoms with E-state index in [4.69, 9.17) is 10.00 Å². The molecular formula is C14H26N2O. The largest absolute Gasteiger partial charge is 0.373 e. The number of hydrogen-bond donors (Lipinski definition) is 0. The van der Waals surface area contributed by atoms with Crippen molar-refractivity contribution >= 4 is 0 Å². The second kappa shape index (κ2) is 6.37. The lowest BCUT2D eigenvalue weighted by Crippen LogP contribution is -2.45. The Labute approximate surface area is 106 Å². The van der Waals surface area contributed by atoms with E-state index in [0.29, 0.717) is 12.2 Å². The van der Waals surface area contributed by atoms with Crippen LogP contribution in [0.1, 0.15) is 47.0 Å². The Bertz CT molecular complexity index is 260. The van der Waals surface area contributed by atoms with Crippen LogP contribution in [0.3, 0.4) is 0 Å². The van der Waals surface area contributed by atoms with E-state index >= 15 is 0 Å². The summed E-state index contributed by atoms with van der Waals surface area (Å²) in [5.41, 5.74) is -0.161. The highest BCUT2D eigenvalue weighted by Gasteiger charge is 2.22. The average Bonchev–Trinajstić information content (AvgIpc) is 2.23. The Kier molecular flexibility index (Phi) is 5.42. The highest BCUT2D eigenvalue weighted by molar-refractivity contribution is 4.91. The summed E-state index contributed by atoms with van der Waals surface area (Å²) in [4.78, 5) is 2.48. The van der Waals surface area contributed by atoms with Crippen LogP contribution in [0.2, 0.25) is 0 Å². The molecule has 1 saturated heterocycles. The van der Waals surface area contributed by atoms with Gasteiger partial charge in [0.1, 0.15) is 0 Å². The lowest BCUT2D eigenvalue weighted by Gasteiger charge is -2.35. The molecule has 0 aromatic rings. The predicted octanol–water partition coefficient (Wildman–Crippen LogP) is 2.82. The molecule has 1 aliphatic heterocycles. The van der Waals surface area contributed by atoms with Crippen LogP contribution in [-0.2, 0) is 4.74 Å². The lowest BCUT2D eigenvalue weighted by molar-refractivity contribution is -0.0682. The van der Waals surface area contributed by atoms with E-state index in [9.17, 15) is 0 Å². The summed E-state index contributed by atoms with van der Waals surface area (Å²) in [6, 6.07) is 2.36. The summed E-state index contributed by atoms with van der Waals surface area (Å²) in [6.07, 6.45) is 4.04. The molecule has 0 unspecified atom stereocenters. The molecule has 1 heterocycles. The topological polar surface area (TPSA) is 36.3 Å². The average molecular weight is 238 g/mol. The fraction of sp³-hybridized carbons (Fsp3) is 0.929. The maximum Gasteiger partial charge on any atom is 0.0683 e. The first-order valence-corrected chi connectivity index (χ1v) is 6.72. The third-order valence-corrected chi connectivity index (χ3v) is 3.32. The van der Waals surface area contributed by atoms with E-state index in [1.54, 1.807) is 0 Å². The van der Waals surface area contributed by atoms with Crippen molar-refractivity contribution in [2.24, 2.45) is 5.41 Å². The Morgan fingerprint density at radius 2 is 1.82 bits per heavy atom. The quantitative estimate of drug-likeness (QED) is 0.691. The Morgan fingerprint density at radius 3 is 2.35 bits per heavy atom. The van der Waals surface area contributed by atoms with Crippen molar-refractivity contribution < 1.29 is 4.74 Å². The molecule has 3 heteroatoms. The van der Waals surface area contributed by atoms with Crippen LogP contribution in [-0.4, -0.2) is 36.7 Å². The highest BCUT2D eigenvalue weighted by Crippen LogP contribution is 2.22. The summed E-state index contributed by atoms with van der Waals surface area (Å²) in [7, 11) is 0. The standard InChI is InChI=1S/C14H26N2O/c1-12-9-16(10-13(2)17-12)8-6-5-7-14(3,4)11-15/h12-13H,5-10H2,1-4H3/t12-,13+. The first-order valence-electron chi connectivity index (χ1n) is 6.72. The van der Waals surface area contributed by atoms with Crippen LogP contribution in [0.5, 0.6) is 0 Å². The molecule has 3 nitrogen and oxygen atoms in total. The number of morpholine rings is 1. The smallest absolute Gasteiger partial charge is 0.0683 e. The number of ether oxygens (including phenoxy) is 1. The van der Waals surface area contributed by atoms with E-state index in [2.05, 4.69) is 24.8 Å². The third-order valence-electron chi connectivity index (χ3n) is 3.32. The highest BCUT2D eigenvalue weighted by atomic mass is 16.5. The van der Waals surface area contributed by atoms with Crippen LogP contribution in [0, 0.1) is 16.7 Å². The molecule has 17 heavy (non-hydrogen) atoms. The van der Waals surface area contributed by atoms with Gasteiger partial charge in [0, 0.05) is 13.1 Å². The molecule has 2 atom stereocenters. The summed E-state index contributed by atoms with van der Waals surface area (Å²) in [6.45, 7) is 11.6. The number of nitrogens with zero attached hydrogens (tertiary/aromatic N) is 2. The van der Waals surface area contributed by atoms with Crippen LogP contribution in [0.25, 0.3) is 0 Å². The van der Waals surface area contributed by atoms with E-state index in [1.807, 2.05) is 13.8 Å². The SMILES string of the molecule is C[C@@H]1CN(CCCCC(C)(C)C#N)C[C@H](C)O1. The van der Waals surface area contributed by atoms with E-state index in [0.717, 1.165) is 32.5 Å². The van der Waals surface area contributed by atoms with Crippen LogP contribution < -0.4 is 0 Å². The van der Waals surface area contributed by atoms with Crippen molar-refractivity contribution in [3.05, 3.63) is 0 Å². The zero-order chi connectivity index (χ0) is 12.9. The second-order valence-electron chi connectivity index (χ2n) is 5.97. The zero-order valence-corrected chi connectivity index (χ0v) is 11.7. The molecular weight excluding hydrogens is 212 g/mol. The molecule has 0 aromatic heterocycles. The molecule has 0 amide bonds. The summed E-state index contributed by atoms with van der Waals surface area (Å²) in [5, 5.41) is 8.93. The summed E-state index contributed by atoms with van der Waals surface area (Å²) >= 11 is 0. The number of hydrogen-bond acceptors (Lipinski definition) is 3. The third kappa shape index (κ3) is 5.52. The van der Waals surface area contributed by atoms with Crippen molar-refractivity contribution in [3.63, 3.8) is 0 Å². The second-order valence-corrected chi connectivity index (χ2v) is 5.97. The van der Waals surface area contributed by atoms with E-state index in [1.165, 1.54) is 6.42 Å². The van der Waals surface area contributed by atoms with Gasteiger partial charge in [0.25, 0.3) is 0 Å². The van der Waals surface area contributed by atoms with Gasteiger partial charge in [-0.1, -0.05) is 6.42 Å². The number of unbranched alkanes of at least 4 members (excludes halogenated alkanes) is 1. The Morgan fingerprint density at radius 1 is 1.24 bits per heavy atom. The first kappa shape index (κ1) is 14.5. The van der Waals surface area contributed by atoms with Gasteiger partial charge >= 0.3 is 0 Å². The maximum atomic E-state index is 8.93. The van der Waals surface area contributed by atoms with Crippen LogP contribution in [0.15, 0.2) is 0 Å². The first-order chi connectivity index (χ1) is 7.93. The van der Waals surface area contributed by atoms with Gasteiger partial charge in [-0.3, -0.25) is 4.90 Å². The Hall–Kier alpha value is -0.590. The van der Waals surface area contributed by atoms with Gasteiger partial charge in [-0.05, 0) is 47.1 Å². The zero-order valence-electron chi connectivity index (χ0n) is 11.7. The van der Waals surface area contributed by atoms with Gasteiger partial charge in [-0.25, -0.2) is 0 Å². The van der Waals surface area contributed by atoms with Gasteiger partial charge in [0.15, 0.2) is 0 Å². The van der Waals surface area contributed by atoms with Gasteiger partial charge < -0.3 is 4.74 Å². The number of nitriles is 1. The number of rotatable bonds is 5. The van der Waals surface area contributed by atoms with Gasteiger partial charge in [0.2, 0.25) is 0 Å². The predicted molar refractivity (Wildman–Crippen MR) is 69.7 cm³/mol. The monoisotopic (exact) mass is 238 g/mol. The van der Waals surface area contributed by atoms with Gasteiger partial charge in [-0.2, -0.15) is 5.26 Å². The molecule has 1 rings (SSSR count). The van der Waals surface area contributed by atoms with Crippen molar-refractivity contribution in [2.45, 2.75) is 59.2 Å². The molecule has 0 aliphatic carbocycles. The van der Waals surface area contributed by atoms with E-state index in [-0.39, 0.29) is 5.41 Å². The molecule has 1 aliphatic rings. The van der Waals surface area contributed by atoms with Crippen molar-refractivity contribution in [1.82, 2.24) is 4.90 Å². The maximum absolute atomic E-state index is 8.93. The molecule has 0 saturated carbocycles. The van der Waals surface area contributed by atoms with Crippen molar-refractivity contribution in [3.8, 4) is 6.07 Å². The summed E-state index contributed by atoms with van der Waals surface area (Å²) in [5.74, 6) is 0. The minimum absolute atomic E-state index is 0.161. The molecule has 0 aromatic carbocycles. The van der Waals surface area contributed by atoms with E-state index < -0.39 is 0 Å². The normalized spacial score (nSPS) is 26.8. The Balaban J connectivity index is 2.17. The van der Waals surface area contributed by atoms with Crippen LogP contribution in [0.4, 0.5) is 0 Å². The van der Waals surface area contributed by atoms with Gasteiger partial charge in [-0.15, -0.1) is 0 Å². The molecule has 0 radical (unpaired) electrons. The lowest BCUT2D eigenvalue weighted by atomic mass is 9.89. The van der Waals surface area contributed by atoms with Crippen LogP contribution >= 0.6 is 0 Å². The molecule has 0 spiro atoms. The molecule has 1 fully saturated rings. The van der Waals surface area contributed by atoms with Crippen molar-refractivity contribution in [1.29, 1.82) is 5.26 Å². The minimum Gasteiger partial charge on any atom is -0.373 e. The minimum atomic E-state index is -0.161. The fourth-order valence-electron chi connectivity index (χ4n) is 2.43. The van der Waals surface area contributed by atoms with Crippen molar-refractivity contribution in [2.75, 3.05) is 19.6 Å². The fourth-order valence-corrected chi connectivity index (χ4v) is 2.43. The molecule has 0 N–H and O–H groups in total.